The van der Waals surface area contributed by atoms with Crippen LogP contribution in [0.25, 0.3) is 10.9 Å². The van der Waals surface area contributed by atoms with Crippen molar-refractivity contribution in [2.45, 2.75) is 26.3 Å². The minimum atomic E-state index is -0.384. The fraction of sp³-hybridized carbons (Fsp3) is 0.500. The minimum Gasteiger partial charge on any atom is -0.381 e. The highest BCUT2D eigenvalue weighted by Crippen LogP contribution is 2.19. The number of aromatic nitrogens is 1. The Morgan fingerprint density at radius 1 is 1.39 bits per heavy atom. The zero-order chi connectivity index (χ0) is 16.2. The van der Waals surface area contributed by atoms with E-state index in [-0.39, 0.29) is 11.2 Å². The van der Waals surface area contributed by atoms with Crippen molar-refractivity contribution >= 4 is 10.9 Å². The fourth-order valence-electron chi connectivity index (χ4n) is 3.19. The maximum Gasteiger partial charge on any atom is 0.189 e. The van der Waals surface area contributed by atoms with Crippen LogP contribution in [0.2, 0.25) is 0 Å². The first-order chi connectivity index (χ1) is 11.2. The van der Waals surface area contributed by atoms with Gasteiger partial charge in [0, 0.05) is 42.4 Å². The average Bonchev–Trinajstić information content (AvgIpc) is 2.96. The van der Waals surface area contributed by atoms with Gasteiger partial charge in [-0.15, -0.1) is 0 Å². The molecule has 0 amide bonds. The Labute approximate surface area is 135 Å². The van der Waals surface area contributed by atoms with Crippen LogP contribution in [0.4, 0.5) is 4.39 Å². The van der Waals surface area contributed by atoms with Crippen LogP contribution in [-0.2, 0) is 11.3 Å². The molecule has 2 heterocycles. The number of pyridine rings is 1. The van der Waals surface area contributed by atoms with Gasteiger partial charge in [-0.1, -0.05) is 6.92 Å². The standard InChI is InChI=1S/C18H23FN2O2/c1-2-7-23-12-13-5-6-21(10-13)11-15-9-18(22)16-8-14(19)3-4-17(16)20-15/h3-4,8-9,13H,2,5-7,10-12H2,1H3,(H,20,22)/t13-/m1/s1. The maximum absolute atomic E-state index is 13.2. The number of aromatic amines is 1. The van der Waals surface area contributed by atoms with E-state index in [1.807, 2.05) is 0 Å². The van der Waals surface area contributed by atoms with Crippen molar-refractivity contribution < 1.29 is 9.13 Å². The molecule has 3 rings (SSSR count). The molecule has 1 fully saturated rings. The number of ether oxygens (including phenoxy) is 1. The number of hydrogen-bond donors (Lipinski definition) is 1. The Morgan fingerprint density at radius 2 is 2.26 bits per heavy atom. The van der Waals surface area contributed by atoms with Crippen LogP contribution in [0, 0.1) is 11.7 Å². The third-order valence-electron chi connectivity index (χ3n) is 4.31. The normalized spacial score (nSPS) is 18.8. The highest BCUT2D eigenvalue weighted by atomic mass is 19.1. The number of benzene rings is 1. The van der Waals surface area contributed by atoms with E-state index in [2.05, 4.69) is 16.8 Å². The molecule has 5 heteroatoms. The number of rotatable bonds is 6. The molecule has 4 nitrogen and oxygen atoms in total. The second-order valence-corrected chi connectivity index (χ2v) is 6.31. The van der Waals surface area contributed by atoms with Gasteiger partial charge in [-0.2, -0.15) is 0 Å². The van der Waals surface area contributed by atoms with Crippen LogP contribution in [-0.4, -0.2) is 36.2 Å². The molecule has 0 saturated carbocycles. The first-order valence-electron chi connectivity index (χ1n) is 8.27. The van der Waals surface area contributed by atoms with Gasteiger partial charge in [0.05, 0.1) is 6.61 Å². The number of likely N-dealkylation sites (tertiary alicyclic amines) is 1. The third-order valence-corrected chi connectivity index (χ3v) is 4.31. The Hall–Kier alpha value is -1.72. The third kappa shape index (κ3) is 3.98. The Balaban J connectivity index is 1.66. The van der Waals surface area contributed by atoms with E-state index < -0.39 is 0 Å². The summed E-state index contributed by atoms with van der Waals surface area (Å²) in [5, 5.41) is 0.404. The molecular formula is C18H23FN2O2. The molecule has 1 aliphatic rings. The topological polar surface area (TPSA) is 45.3 Å². The second kappa shape index (κ2) is 7.23. The minimum absolute atomic E-state index is 0.129. The van der Waals surface area contributed by atoms with Crippen LogP contribution in [0.3, 0.4) is 0 Å². The molecule has 1 aromatic heterocycles. The number of hydrogen-bond acceptors (Lipinski definition) is 3. The zero-order valence-electron chi connectivity index (χ0n) is 13.5. The van der Waals surface area contributed by atoms with Crippen molar-refractivity contribution in [3.63, 3.8) is 0 Å². The largest absolute Gasteiger partial charge is 0.381 e. The van der Waals surface area contributed by atoms with Gasteiger partial charge in [0.2, 0.25) is 0 Å². The number of fused-ring (bicyclic) bond motifs is 1. The first kappa shape index (κ1) is 16.1. The quantitative estimate of drug-likeness (QED) is 0.833. The molecule has 124 valence electrons. The van der Waals surface area contributed by atoms with Crippen molar-refractivity contribution in [3.05, 3.63) is 46.0 Å². The van der Waals surface area contributed by atoms with E-state index in [1.165, 1.54) is 12.1 Å². The van der Waals surface area contributed by atoms with Gasteiger partial charge in [0.1, 0.15) is 5.82 Å². The van der Waals surface area contributed by atoms with Crippen LogP contribution in [0.15, 0.2) is 29.1 Å². The van der Waals surface area contributed by atoms with E-state index in [9.17, 15) is 9.18 Å². The lowest BCUT2D eigenvalue weighted by molar-refractivity contribution is 0.101. The summed E-state index contributed by atoms with van der Waals surface area (Å²) in [6, 6.07) is 5.87. The van der Waals surface area contributed by atoms with Crippen LogP contribution in [0.1, 0.15) is 25.5 Å². The highest BCUT2D eigenvalue weighted by molar-refractivity contribution is 5.78. The molecule has 0 spiro atoms. The van der Waals surface area contributed by atoms with Crippen molar-refractivity contribution in [3.8, 4) is 0 Å². The van der Waals surface area contributed by atoms with E-state index in [4.69, 9.17) is 4.74 Å². The lowest BCUT2D eigenvalue weighted by atomic mass is 10.1. The van der Waals surface area contributed by atoms with E-state index >= 15 is 0 Å². The van der Waals surface area contributed by atoms with Gasteiger partial charge < -0.3 is 9.72 Å². The van der Waals surface area contributed by atoms with Gasteiger partial charge in [0.15, 0.2) is 5.43 Å². The number of H-pyrrole nitrogens is 1. The van der Waals surface area contributed by atoms with Gasteiger partial charge >= 0.3 is 0 Å². The molecule has 1 saturated heterocycles. The van der Waals surface area contributed by atoms with Crippen LogP contribution in [0.5, 0.6) is 0 Å². The molecule has 1 aliphatic heterocycles. The predicted octanol–water partition coefficient (Wildman–Crippen LogP) is 2.92. The predicted molar refractivity (Wildman–Crippen MR) is 89.0 cm³/mol. The zero-order valence-corrected chi connectivity index (χ0v) is 13.5. The summed E-state index contributed by atoms with van der Waals surface area (Å²) in [4.78, 5) is 17.7. The first-order valence-corrected chi connectivity index (χ1v) is 8.27. The number of nitrogens with zero attached hydrogens (tertiary/aromatic N) is 1. The van der Waals surface area contributed by atoms with Crippen molar-refractivity contribution in [2.24, 2.45) is 5.92 Å². The second-order valence-electron chi connectivity index (χ2n) is 6.31. The number of halogens is 1. The molecular weight excluding hydrogens is 295 g/mol. The summed E-state index contributed by atoms with van der Waals surface area (Å²) in [7, 11) is 0. The molecule has 23 heavy (non-hydrogen) atoms. The molecule has 0 unspecified atom stereocenters. The van der Waals surface area contributed by atoms with Crippen LogP contribution >= 0.6 is 0 Å². The highest BCUT2D eigenvalue weighted by Gasteiger charge is 2.22. The van der Waals surface area contributed by atoms with Gasteiger partial charge in [-0.3, -0.25) is 9.69 Å². The monoisotopic (exact) mass is 318 g/mol. The molecule has 0 bridgehead atoms. The molecule has 0 radical (unpaired) electrons. The smallest absolute Gasteiger partial charge is 0.189 e. The van der Waals surface area contributed by atoms with Crippen LogP contribution < -0.4 is 5.43 Å². The lowest BCUT2D eigenvalue weighted by Crippen LogP contribution is -2.23. The average molecular weight is 318 g/mol. The Kier molecular flexibility index (Phi) is 5.08. The van der Waals surface area contributed by atoms with Gasteiger partial charge in [0.25, 0.3) is 0 Å². The van der Waals surface area contributed by atoms with Crippen molar-refractivity contribution in [1.82, 2.24) is 9.88 Å². The number of nitrogens with one attached hydrogen (secondary N) is 1. The van der Waals surface area contributed by atoms with E-state index in [0.717, 1.165) is 44.8 Å². The van der Waals surface area contributed by atoms with Gasteiger partial charge in [-0.05, 0) is 43.5 Å². The Bertz CT molecular complexity index is 729. The molecule has 1 N–H and O–H groups in total. The van der Waals surface area contributed by atoms with Crippen molar-refractivity contribution in [1.29, 1.82) is 0 Å². The van der Waals surface area contributed by atoms with E-state index in [1.54, 1.807) is 12.1 Å². The molecule has 1 aromatic carbocycles. The summed E-state index contributed by atoms with van der Waals surface area (Å²) in [6.07, 6.45) is 2.18. The molecule has 2 aromatic rings. The summed E-state index contributed by atoms with van der Waals surface area (Å²) < 4.78 is 18.9. The summed E-state index contributed by atoms with van der Waals surface area (Å²) in [6.45, 7) is 6.48. The van der Waals surface area contributed by atoms with E-state index in [0.29, 0.717) is 23.4 Å². The summed E-state index contributed by atoms with van der Waals surface area (Å²) in [5.41, 5.74) is 1.44. The lowest BCUT2D eigenvalue weighted by Gasteiger charge is -2.16. The SMILES string of the molecule is CCCOC[C@@H]1CCN(Cc2cc(=O)c3cc(F)ccc3[nH]2)C1. The summed E-state index contributed by atoms with van der Waals surface area (Å²) in [5.74, 6) is 0.188. The Morgan fingerprint density at radius 3 is 3.09 bits per heavy atom. The van der Waals surface area contributed by atoms with Gasteiger partial charge in [-0.25, -0.2) is 4.39 Å². The summed E-state index contributed by atoms with van der Waals surface area (Å²) >= 11 is 0. The maximum atomic E-state index is 13.2. The molecule has 0 aliphatic carbocycles. The fourth-order valence-corrected chi connectivity index (χ4v) is 3.19. The molecule has 1 atom stereocenters. The van der Waals surface area contributed by atoms with Crippen molar-refractivity contribution in [2.75, 3.05) is 26.3 Å².